The fourth-order valence-corrected chi connectivity index (χ4v) is 8.73. The number of fused-ring (bicyclic) bond motifs is 1. The van der Waals surface area contributed by atoms with Gasteiger partial charge in [0.25, 0.3) is 0 Å². The van der Waals surface area contributed by atoms with Crippen LogP contribution in [-0.2, 0) is 52.2 Å². The lowest BCUT2D eigenvalue weighted by Gasteiger charge is -2.46. The van der Waals surface area contributed by atoms with Crippen LogP contribution in [-0.4, -0.2) is 216 Å². The van der Waals surface area contributed by atoms with E-state index in [-0.39, 0.29) is 57.0 Å². The molecule has 80 heavy (non-hydrogen) atoms. The number of aromatic hydroxyl groups is 4. The van der Waals surface area contributed by atoms with Gasteiger partial charge in [0.05, 0.1) is 20.8 Å². The van der Waals surface area contributed by atoms with Crippen LogP contribution in [0.1, 0.15) is 16.7 Å². The van der Waals surface area contributed by atoms with Crippen molar-refractivity contribution in [2.24, 2.45) is 0 Å². The van der Waals surface area contributed by atoms with Crippen molar-refractivity contribution in [3.63, 3.8) is 0 Å². The first-order valence-corrected chi connectivity index (χ1v) is 24.4. The van der Waals surface area contributed by atoms with Gasteiger partial charge >= 0.3 is 11.9 Å². The Hall–Kier alpha value is -7.48. The molecular weight excluding hydrogens is 1070 g/mol. The standard InChI is InChI=1S/C53H58O27/c1-70-33-14-23(4-9-28(33)57)6-12-40(61)72-20-37-42(63)45(66)48(69)52(78-37)80-50-46(67)43(64)38(21-73-39(60)11-5-22-3-8-27(56)30(59)13-22)79-53(50)76-35-18-26-31(74-49(35)24-7-10-29(58)34(15-24)71-2)16-25(55)17-32(26)75-51-47(68)44(65)41(62)36(19-54)77-51/h3-18,31,36-38,41-48,50-59,62-69H,19-21H2,1-2H3. The minimum absolute atomic E-state index is 0.0181. The molecule has 3 fully saturated rings. The number of methoxy groups -OCH3 is 2. The molecule has 0 bridgehead atoms. The molecule has 27 heteroatoms. The van der Waals surface area contributed by atoms with Crippen molar-refractivity contribution in [2.45, 2.75) is 98.2 Å². The summed E-state index contributed by atoms with van der Waals surface area (Å²) in [7, 11) is 2.58. The summed E-state index contributed by atoms with van der Waals surface area (Å²) in [4.78, 5) is 25.8. The van der Waals surface area contributed by atoms with E-state index in [1.165, 1.54) is 87.1 Å². The molecule has 5 aliphatic rings. The average Bonchev–Trinajstić information content (AvgIpc) is 3.58. The molecule has 0 spiro atoms. The van der Waals surface area contributed by atoms with Crippen LogP contribution in [0.25, 0.3) is 17.9 Å². The van der Waals surface area contributed by atoms with E-state index in [0.29, 0.717) is 5.56 Å². The van der Waals surface area contributed by atoms with E-state index in [2.05, 4.69) is 0 Å². The van der Waals surface area contributed by atoms with Crippen LogP contribution in [0.3, 0.4) is 0 Å². The van der Waals surface area contributed by atoms with Crippen LogP contribution in [0.15, 0.2) is 108 Å². The molecule has 0 aromatic heterocycles. The first-order chi connectivity index (χ1) is 38.2. The number of aliphatic hydroxyl groups is 10. The van der Waals surface area contributed by atoms with Gasteiger partial charge in [0.1, 0.15) is 98.0 Å². The summed E-state index contributed by atoms with van der Waals surface area (Å²) in [5.41, 5.74) is 0.778. The fraction of sp³-hybridized carbons (Fsp3) is 0.396. The van der Waals surface area contributed by atoms with Crippen molar-refractivity contribution < 1.29 is 133 Å². The van der Waals surface area contributed by atoms with Crippen LogP contribution in [0.4, 0.5) is 0 Å². The number of allylic oxidation sites excluding steroid dienone is 2. The highest BCUT2D eigenvalue weighted by molar-refractivity contribution is 5.87. The number of ether oxygens (including phenoxy) is 11. The minimum Gasteiger partial charge on any atom is -0.508 e. The van der Waals surface area contributed by atoms with Gasteiger partial charge < -0.3 is 124 Å². The van der Waals surface area contributed by atoms with Gasteiger partial charge in [-0.1, -0.05) is 12.1 Å². The first kappa shape index (κ1) is 58.7. The van der Waals surface area contributed by atoms with Gasteiger partial charge in [0.15, 0.2) is 58.4 Å². The zero-order valence-corrected chi connectivity index (χ0v) is 42.2. The number of carbonyl (C=O) groups excluding carboxylic acids is 2. The van der Waals surface area contributed by atoms with Crippen LogP contribution < -0.4 is 9.47 Å². The fourth-order valence-electron chi connectivity index (χ4n) is 8.73. The van der Waals surface area contributed by atoms with Crippen LogP contribution in [0, 0.1) is 0 Å². The molecule has 27 nitrogen and oxygen atoms in total. The van der Waals surface area contributed by atoms with Crippen molar-refractivity contribution in [3.05, 3.63) is 125 Å². The van der Waals surface area contributed by atoms with Gasteiger partial charge in [-0.05, 0) is 71.8 Å². The average molecular weight is 1130 g/mol. The van der Waals surface area contributed by atoms with Gasteiger partial charge in [-0.15, -0.1) is 0 Å². The number of benzene rings is 3. The molecule has 432 valence electrons. The second-order valence-corrected chi connectivity index (χ2v) is 18.5. The maximum atomic E-state index is 13.0. The molecule has 4 aliphatic heterocycles. The second kappa shape index (κ2) is 25.3. The van der Waals surface area contributed by atoms with E-state index >= 15 is 0 Å². The maximum absolute atomic E-state index is 13.0. The van der Waals surface area contributed by atoms with Crippen molar-refractivity contribution in [2.75, 3.05) is 34.0 Å². The highest BCUT2D eigenvalue weighted by atomic mass is 16.8. The lowest BCUT2D eigenvalue weighted by molar-refractivity contribution is -0.363. The molecule has 3 saturated heterocycles. The van der Waals surface area contributed by atoms with Crippen molar-refractivity contribution >= 4 is 29.8 Å². The Morgan fingerprint density at radius 1 is 0.562 bits per heavy atom. The summed E-state index contributed by atoms with van der Waals surface area (Å²) in [6, 6.07) is 11.8. The molecular formula is C53H58O27. The third-order valence-corrected chi connectivity index (χ3v) is 13.1. The predicted octanol–water partition coefficient (Wildman–Crippen LogP) is -1.15. The Morgan fingerprint density at radius 2 is 1.10 bits per heavy atom. The lowest BCUT2D eigenvalue weighted by Crippen LogP contribution is -2.64. The highest BCUT2D eigenvalue weighted by Gasteiger charge is 2.53. The Morgan fingerprint density at radius 3 is 1.71 bits per heavy atom. The first-order valence-electron chi connectivity index (χ1n) is 24.4. The molecule has 8 rings (SSSR count). The normalized spacial score (nSPS) is 31.5. The zero-order valence-electron chi connectivity index (χ0n) is 42.2. The van der Waals surface area contributed by atoms with Crippen molar-refractivity contribution in [1.82, 2.24) is 0 Å². The third kappa shape index (κ3) is 13.1. The van der Waals surface area contributed by atoms with Gasteiger partial charge in [-0.2, -0.15) is 0 Å². The molecule has 3 aromatic rings. The smallest absolute Gasteiger partial charge is 0.330 e. The SMILES string of the molecule is COc1cc(C=CC(=O)OCC2OC(OC3C(OC4=C(c5ccc(O)c(OC)c5)OC5C=C(O)C=C(OC6OC(CO)C(O)C(O)C6O)C5=C4)OC(COC(=O)C=Cc4ccc(O)c(O)c4)C(O)C3O)C(O)C(O)C2O)ccc1O. The summed E-state index contributed by atoms with van der Waals surface area (Å²) < 4.78 is 63.5. The molecule has 16 atom stereocenters. The summed E-state index contributed by atoms with van der Waals surface area (Å²) in [5, 5.41) is 149. The van der Waals surface area contributed by atoms with E-state index < -0.39 is 147 Å². The lowest BCUT2D eigenvalue weighted by atomic mass is 9.95. The zero-order chi connectivity index (χ0) is 57.7. The van der Waals surface area contributed by atoms with Gasteiger partial charge in [-0.25, -0.2) is 9.59 Å². The van der Waals surface area contributed by atoms with Gasteiger partial charge in [0, 0.05) is 35.4 Å². The molecule has 14 N–H and O–H groups in total. The number of carbonyl (C=O) groups is 2. The number of hydrogen-bond donors (Lipinski definition) is 14. The summed E-state index contributed by atoms with van der Waals surface area (Å²) in [6.07, 6.45) is -21.9. The summed E-state index contributed by atoms with van der Waals surface area (Å²) in [6.45, 7) is -2.39. The Kier molecular flexibility index (Phi) is 18.6. The number of phenols is 4. The molecule has 0 amide bonds. The molecule has 0 saturated carbocycles. The monoisotopic (exact) mass is 1130 g/mol. The highest BCUT2D eigenvalue weighted by Crippen LogP contribution is 2.42. The number of rotatable bonds is 18. The number of hydrogen-bond acceptors (Lipinski definition) is 27. The Bertz CT molecular complexity index is 2910. The Balaban J connectivity index is 1.11. The molecule has 16 unspecified atom stereocenters. The second-order valence-electron chi connectivity index (χ2n) is 18.5. The van der Waals surface area contributed by atoms with Gasteiger partial charge in [-0.3, -0.25) is 0 Å². The summed E-state index contributed by atoms with van der Waals surface area (Å²) >= 11 is 0. The van der Waals surface area contributed by atoms with E-state index in [9.17, 15) is 81.1 Å². The summed E-state index contributed by atoms with van der Waals surface area (Å²) in [5.74, 6) is -4.67. The van der Waals surface area contributed by atoms with E-state index in [0.717, 1.165) is 24.3 Å². The van der Waals surface area contributed by atoms with E-state index in [1.54, 1.807) is 0 Å². The maximum Gasteiger partial charge on any atom is 0.330 e. The quantitative estimate of drug-likeness (QED) is 0.0406. The number of aliphatic hydroxyl groups excluding tert-OH is 10. The van der Waals surface area contributed by atoms with E-state index in [1.807, 2.05) is 0 Å². The number of phenolic OH excluding ortho intramolecular Hbond substituents is 4. The van der Waals surface area contributed by atoms with Crippen molar-refractivity contribution in [1.29, 1.82) is 0 Å². The van der Waals surface area contributed by atoms with Crippen molar-refractivity contribution in [3.8, 4) is 34.5 Å². The third-order valence-electron chi connectivity index (χ3n) is 13.1. The van der Waals surface area contributed by atoms with Gasteiger partial charge in [0.2, 0.25) is 12.6 Å². The molecule has 1 aliphatic carbocycles. The van der Waals surface area contributed by atoms with Crippen LogP contribution in [0.5, 0.6) is 34.5 Å². The molecule has 4 heterocycles. The van der Waals surface area contributed by atoms with E-state index in [4.69, 9.17) is 52.1 Å². The Labute approximate surface area is 453 Å². The van der Waals surface area contributed by atoms with Crippen LogP contribution in [0.2, 0.25) is 0 Å². The van der Waals surface area contributed by atoms with Crippen LogP contribution >= 0.6 is 0 Å². The number of esters is 2. The predicted molar refractivity (Wildman–Crippen MR) is 266 cm³/mol. The topological polar surface area (TPSA) is 419 Å². The minimum atomic E-state index is -2.16. The molecule has 0 radical (unpaired) electrons. The molecule has 3 aromatic carbocycles. The largest absolute Gasteiger partial charge is 0.508 e.